The minimum atomic E-state index is 0.137. The van der Waals surface area contributed by atoms with E-state index < -0.39 is 0 Å². The second-order valence-electron chi connectivity index (χ2n) is 3.77. The normalized spacial score (nSPS) is 10.2. The van der Waals surface area contributed by atoms with Gasteiger partial charge in [0.05, 0.1) is 6.61 Å². The summed E-state index contributed by atoms with van der Waals surface area (Å²) in [6, 6.07) is 7.29. The summed E-state index contributed by atoms with van der Waals surface area (Å²) in [5.74, 6) is 0.863. The molecule has 17 heavy (non-hydrogen) atoms. The van der Waals surface area contributed by atoms with Gasteiger partial charge in [-0.3, -0.25) is 4.79 Å². The highest BCUT2D eigenvalue weighted by Crippen LogP contribution is 2.14. The molecule has 0 radical (unpaired) electrons. The summed E-state index contributed by atoms with van der Waals surface area (Å²) in [7, 11) is 0. The molecule has 0 atom stereocenters. The van der Waals surface area contributed by atoms with E-state index in [0.717, 1.165) is 18.8 Å². The van der Waals surface area contributed by atoms with E-state index in [-0.39, 0.29) is 5.78 Å². The Morgan fingerprint density at radius 3 is 2.71 bits per heavy atom. The molecule has 0 N–H and O–H groups in total. The standard InChI is InChI=1S/C14H20O3/c1-3-8-16-9-10-17-13-7-5-6-12(11-13)14(15)4-2/h5-7,11H,3-4,8-10H2,1-2H3. The largest absolute Gasteiger partial charge is 0.491 e. The second-order valence-corrected chi connectivity index (χ2v) is 3.77. The summed E-state index contributed by atoms with van der Waals surface area (Å²) in [6.07, 6.45) is 1.53. The van der Waals surface area contributed by atoms with Crippen LogP contribution in [-0.2, 0) is 4.74 Å². The molecule has 0 aliphatic rings. The number of rotatable bonds is 8. The topological polar surface area (TPSA) is 35.5 Å². The number of ketones is 1. The summed E-state index contributed by atoms with van der Waals surface area (Å²) in [5.41, 5.74) is 0.708. The molecule has 0 aliphatic carbocycles. The van der Waals surface area contributed by atoms with Crippen molar-refractivity contribution in [2.75, 3.05) is 19.8 Å². The summed E-state index contributed by atoms with van der Waals surface area (Å²) in [5, 5.41) is 0. The molecule has 94 valence electrons. The number of hydrogen-bond acceptors (Lipinski definition) is 3. The van der Waals surface area contributed by atoms with Crippen molar-refractivity contribution in [1.29, 1.82) is 0 Å². The van der Waals surface area contributed by atoms with Gasteiger partial charge in [-0.15, -0.1) is 0 Å². The van der Waals surface area contributed by atoms with Crippen molar-refractivity contribution in [2.45, 2.75) is 26.7 Å². The van der Waals surface area contributed by atoms with Crippen LogP contribution in [0.15, 0.2) is 24.3 Å². The maximum absolute atomic E-state index is 11.5. The van der Waals surface area contributed by atoms with Crippen molar-refractivity contribution in [3.8, 4) is 5.75 Å². The predicted octanol–water partition coefficient (Wildman–Crippen LogP) is 3.08. The van der Waals surface area contributed by atoms with Gasteiger partial charge in [-0.25, -0.2) is 0 Å². The highest BCUT2D eigenvalue weighted by Gasteiger charge is 2.03. The lowest BCUT2D eigenvalue weighted by molar-refractivity contribution is 0.0981. The number of ether oxygens (including phenoxy) is 2. The fraction of sp³-hybridized carbons (Fsp3) is 0.500. The van der Waals surface area contributed by atoms with Crippen LogP contribution in [0.2, 0.25) is 0 Å². The Labute approximate surface area is 103 Å². The number of hydrogen-bond donors (Lipinski definition) is 0. The summed E-state index contributed by atoms with van der Waals surface area (Å²) in [4.78, 5) is 11.5. The third-order valence-corrected chi connectivity index (χ3v) is 2.32. The number of Topliss-reactive ketones (excluding diaryl/α,β-unsaturated/α-hetero) is 1. The Bertz CT molecular complexity index is 347. The number of carbonyl (C=O) groups excluding carboxylic acids is 1. The van der Waals surface area contributed by atoms with E-state index in [0.29, 0.717) is 25.2 Å². The van der Waals surface area contributed by atoms with Crippen molar-refractivity contribution in [3.63, 3.8) is 0 Å². The van der Waals surface area contributed by atoms with Crippen LogP contribution in [-0.4, -0.2) is 25.6 Å². The average Bonchev–Trinajstić information content (AvgIpc) is 2.38. The van der Waals surface area contributed by atoms with Crippen LogP contribution in [0.1, 0.15) is 37.0 Å². The SMILES string of the molecule is CCCOCCOc1cccc(C(=O)CC)c1. The van der Waals surface area contributed by atoms with E-state index in [1.54, 1.807) is 6.07 Å². The zero-order valence-corrected chi connectivity index (χ0v) is 10.6. The van der Waals surface area contributed by atoms with Gasteiger partial charge in [0.15, 0.2) is 5.78 Å². The molecule has 3 heteroatoms. The van der Waals surface area contributed by atoms with Gasteiger partial charge in [0.1, 0.15) is 12.4 Å². The molecule has 0 bridgehead atoms. The Morgan fingerprint density at radius 1 is 1.18 bits per heavy atom. The summed E-state index contributed by atoms with van der Waals surface area (Å²) < 4.78 is 10.8. The van der Waals surface area contributed by atoms with Crippen LogP contribution in [0.3, 0.4) is 0 Å². The molecular formula is C14H20O3. The van der Waals surface area contributed by atoms with Crippen molar-refractivity contribution in [2.24, 2.45) is 0 Å². The van der Waals surface area contributed by atoms with Crippen LogP contribution in [0.5, 0.6) is 5.75 Å². The van der Waals surface area contributed by atoms with Crippen LogP contribution in [0.25, 0.3) is 0 Å². The highest BCUT2D eigenvalue weighted by molar-refractivity contribution is 5.96. The Morgan fingerprint density at radius 2 is 2.00 bits per heavy atom. The van der Waals surface area contributed by atoms with E-state index in [1.165, 1.54) is 0 Å². The first-order valence-corrected chi connectivity index (χ1v) is 6.11. The first-order chi connectivity index (χ1) is 8.27. The van der Waals surface area contributed by atoms with E-state index >= 15 is 0 Å². The van der Waals surface area contributed by atoms with Gasteiger partial charge in [-0.05, 0) is 18.6 Å². The third-order valence-electron chi connectivity index (χ3n) is 2.32. The van der Waals surface area contributed by atoms with Crippen LogP contribution < -0.4 is 4.74 Å². The van der Waals surface area contributed by atoms with E-state index in [2.05, 4.69) is 6.92 Å². The molecule has 0 unspecified atom stereocenters. The molecule has 0 fully saturated rings. The minimum Gasteiger partial charge on any atom is -0.491 e. The second kappa shape index (κ2) is 7.85. The van der Waals surface area contributed by atoms with Gasteiger partial charge >= 0.3 is 0 Å². The molecular weight excluding hydrogens is 216 g/mol. The molecule has 1 rings (SSSR count). The predicted molar refractivity (Wildman–Crippen MR) is 67.7 cm³/mol. The average molecular weight is 236 g/mol. The lowest BCUT2D eigenvalue weighted by Crippen LogP contribution is -2.07. The fourth-order valence-corrected chi connectivity index (χ4v) is 1.43. The number of benzene rings is 1. The zero-order valence-electron chi connectivity index (χ0n) is 10.6. The molecule has 1 aromatic carbocycles. The first-order valence-electron chi connectivity index (χ1n) is 6.11. The van der Waals surface area contributed by atoms with Gasteiger partial charge in [0.25, 0.3) is 0 Å². The summed E-state index contributed by atoms with van der Waals surface area (Å²) >= 11 is 0. The van der Waals surface area contributed by atoms with Gasteiger partial charge in [0.2, 0.25) is 0 Å². The Balaban J connectivity index is 2.40. The Kier molecular flexibility index (Phi) is 6.33. The number of carbonyl (C=O) groups is 1. The minimum absolute atomic E-state index is 0.137. The van der Waals surface area contributed by atoms with Crippen LogP contribution in [0, 0.1) is 0 Å². The smallest absolute Gasteiger partial charge is 0.162 e. The lowest BCUT2D eigenvalue weighted by atomic mass is 10.1. The zero-order chi connectivity index (χ0) is 12.5. The van der Waals surface area contributed by atoms with Crippen LogP contribution >= 0.6 is 0 Å². The first kappa shape index (κ1) is 13.7. The highest BCUT2D eigenvalue weighted by atomic mass is 16.5. The van der Waals surface area contributed by atoms with Crippen LogP contribution in [0.4, 0.5) is 0 Å². The summed E-state index contributed by atoms with van der Waals surface area (Å²) in [6.45, 7) is 5.79. The maximum Gasteiger partial charge on any atom is 0.162 e. The van der Waals surface area contributed by atoms with Gasteiger partial charge in [-0.2, -0.15) is 0 Å². The van der Waals surface area contributed by atoms with E-state index in [1.807, 2.05) is 25.1 Å². The maximum atomic E-state index is 11.5. The molecule has 0 aromatic heterocycles. The van der Waals surface area contributed by atoms with Gasteiger partial charge in [-0.1, -0.05) is 26.0 Å². The van der Waals surface area contributed by atoms with E-state index in [4.69, 9.17) is 9.47 Å². The fourth-order valence-electron chi connectivity index (χ4n) is 1.43. The van der Waals surface area contributed by atoms with Gasteiger partial charge < -0.3 is 9.47 Å². The molecule has 0 spiro atoms. The molecule has 0 amide bonds. The van der Waals surface area contributed by atoms with Gasteiger partial charge in [0, 0.05) is 18.6 Å². The molecule has 0 saturated heterocycles. The van der Waals surface area contributed by atoms with Crippen molar-refractivity contribution in [3.05, 3.63) is 29.8 Å². The third kappa shape index (κ3) is 5.00. The molecule has 0 heterocycles. The molecule has 1 aromatic rings. The quantitative estimate of drug-likeness (QED) is 0.514. The van der Waals surface area contributed by atoms with Crippen molar-refractivity contribution < 1.29 is 14.3 Å². The van der Waals surface area contributed by atoms with Crippen molar-refractivity contribution >= 4 is 5.78 Å². The lowest BCUT2D eigenvalue weighted by Gasteiger charge is -2.07. The molecule has 3 nitrogen and oxygen atoms in total. The molecule has 0 saturated carbocycles. The molecule has 0 aliphatic heterocycles. The Hall–Kier alpha value is -1.35. The van der Waals surface area contributed by atoms with Crippen molar-refractivity contribution in [1.82, 2.24) is 0 Å². The monoisotopic (exact) mass is 236 g/mol. The van der Waals surface area contributed by atoms with E-state index in [9.17, 15) is 4.79 Å².